The highest BCUT2D eigenvalue weighted by atomic mass is 16.4. The molecule has 2 aromatic rings. The summed E-state index contributed by atoms with van der Waals surface area (Å²) in [4.78, 5) is 21.8. The van der Waals surface area contributed by atoms with Crippen molar-refractivity contribution in [2.24, 2.45) is 5.10 Å². The van der Waals surface area contributed by atoms with Crippen LogP contribution in [0.5, 0.6) is 0 Å². The van der Waals surface area contributed by atoms with Crippen molar-refractivity contribution in [3.8, 4) is 0 Å². The van der Waals surface area contributed by atoms with E-state index in [0.29, 0.717) is 11.8 Å². The average Bonchev–Trinajstić information content (AvgIpc) is 2.55. The number of hydrogen-bond donors (Lipinski definition) is 2. The number of hydrogen-bond acceptors (Lipinski definition) is 4. The minimum absolute atomic E-state index is 0. The van der Waals surface area contributed by atoms with E-state index in [0.717, 1.165) is 17.2 Å². The molecule has 0 fully saturated rings. The van der Waals surface area contributed by atoms with Crippen molar-refractivity contribution >= 4 is 17.6 Å². The average molecular weight is 311 g/mol. The molecule has 1 amide bonds. The van der Waals surface area contributed by atoms with Gasteiger partial charge in [0, 0.05) is 17.2 Å². The number of nitrogens with zero attached hydrogens (tertiary/aromatic N) is 1. The summed E-state index contributed by atoms with van der Waals surface area (Å²) >= 11 is 0. The molecule has 0 radical (unpaired) electrons. The van der Waals surface area contributed by atoms with Gasteiger partial charge in [0.05, 0.1) is 11.7 Å². The fourth-order valence-electron chi connectivity index (χ4n) is 1.78. The Balaban J connectivity index is 0.00000264. The van der Waals surface area contributed by atoms with Gasteiger partial charge in [-0.25, -0.2) is 5.43 Å². The molecule has 0 saturated carbocycles. The van der Waals surface area contributed by atoms with Gasteiger partial charge < -0.3 is 16.1 Å². The van der Waals surface area contributed by atoms with Gasteiger partial charge in [-0.05, 0) is 6.08 Å². The molecule has 5 N–H and O–H groups in total. The molecular weight excluding hydrogens is 294 g/mol. The van der Waals surface area contributed by atoms with Gasteiger partial charge in [0.2, 0.25) is 0 Å². The van der Waals surface area contributed by atoms with Crippen LogP contribution in [0.3, 0.4) is 0 Å². The van der Waals surface area contributed by atoms with Gasteiger partial charge in [-0.3, -0.25) is 4.79 Å². The first-order valence-corrected chi connectivity index (χ1v) is 6.54. The number of carboxylic acid groups (broad SMARTS) is 1. The minimum atomic E-state index is -1.44. The van der Waals surface area contributed by atoms with E-state index in [4.69, 9.17) is 0 Å². The zero-order valence-electron chi connectivity index (χ0n) is 12.6. The van der Waals surface area contributed by atoms with E-state index in [1.165, 1.54) is 0 Å². The SMILES string of the molecule is O=C([O-])/C=C\C(=O)NN=C(c1ccccc1)c1ccccc1.[NH4+]. The molecule has 0 heterocycles. The van der Waals surface area contributed by atoms with Crippen molar-refractivity contribution in [3.63, 3.8) is 0 Å². The largest absolute Gasteiger partial charge is 0.545 e. The lowest BCUT2D eigenvalue weighted by Gasteiger charge is -2.07. The number of carbonyl (C=O) groups is 2. The van der Waals surface area contributed by atoms with Crippen molar-refractivity contribution in [3.05, 3.63) is 83.9 Å². The Bertz CT molecular complexity index is 669. The molecule has 0 aliphatic carbocycles. The first-order chi connectivity index (χ1) is 10.7. The number of rotatable bonds is 5. The number of aliphatic carboxylic acids is 1. The van der Waals surface area contributed by atoms with E-state index in [9.17, 15) is 14.7 Å². The van der Waals surface area contributed by atoms with Crippen LogP contribution in [0.4, 0.5) is 0 Å². The monoisotopic (exact) mass is 311 g/mol. The minimum Gasteiger partial charge on any atom is -0.545 e. The Kier molecular flexibility index (Phi) is 6.90. The van der Waals surface area contributed by atoms with Crippen LogP contribution in [0, 0.1) is 0 Å². The molecular formula is C17H17N3O3. The molecule has 0 unspecified atom stereocenters. The highest BCUT2D eigenvalue weighted by Gasteiger charge is 2.06. The molecule has 0 atom stereocenters. The number of amides is 1. The fourth-order valence-corrected chi connectivity index (χ4v) is 1.78. The normalized spacial score (nSPS) is 9.74. The zero-order chi connectivity index (χ0) is 15.8. The standard InChI is InChI=1S/C17H14N2O3.H3N/c20-15(11-12-16(21)22)18-19-17(13-7-3-1-4-8-13)14-9-5-2-6-10-14;/h1-12H,(H,18,20)(H,21,22);1H3/b12-11-;. The van der Waals surface area contributed by atoms with Gasteiger partial charge in [-0.1, -0.05) is 60.7 Å². The number of carboxylic acids is 1. The Morgan fingerprint density at radius 1 is 0.870 bits per heavy atom. The molecule has 2 rings (SSSR count). The highest BCUT2D eigenvalue weighted by molar-refractivity contribution is 6.13. The lowest BCUT2D eigenvalue weighted by Crippen LogP contribution is -2.22. The third-order valence-electron chi connectivity index (χ3n) is 2.74. The van der Waals surface area contributed by atoms with E-state index in [2.05, 4.69) is 10.5 Å². The first-order valence-electron chi connectivity index (χ1n) is 6.54. The van der Waals surface area contributed by atoms with Gasteiger partial charge in [0.1, 0.15) is 0 Å². The Hall–Kier alpha value is -3.25. The summed E-state index contributed by atoms with van der Waals surface area (Å²) in [6.07, 6.45) is 1.50. The molecule has 118 valence electrons. The molecule has 0 bridgehead atoms. The third kappa shape index (κ3) is 5.56. The van der Waals surface area contributed by atoms with Crippen molar-refractivity contribution < 1.29 is 14.7 Å². The van der Waals surface area contributed by atoms with Crippen LogP contribution < -0.4 is 16.7 Å². The quantitative estimate of drug-likeness (QED) is 0.491. The lowest BCUT2D eigenvalue weighted by atomic mass is 10.0. The second-order valence-corrected chi connectivity index (χ2v) is 4.32. The molecule has 2 aromatic carbocycles. The zero-order valence-corrected chi connectivity index (χ0v) is 12.6. The van der Waals surface area contributed by atoms with E-state index in [-0.39, 0.29) is 6.15 Å². The van der Waals surface area contributed by atoms with E-state index in [1.54, 1.807) is 0 Å². The molecule has 0 spiro atoms. The predicted octanol–water partition coefficient (Wildman–Crippen LogP) is 1.24. The number of hydrazone groups is 1. The maximum absolute atomic E-state index is 11.5. The summed E-state index contributed by atoms with van der Waals surface area (Å²) in [6.45, 7) is 0. The molecule has 6 nitrogen and oxygen atoms in total. The van der Waals surface area contributed by atoms with Gasteiger partial charge >= 0.3 is 0 Å². The smallest absolute Gasteiger partial charge is 0.264 e. The summed E-state index contributed by atoms with van der Waals surface area (Å²) in [5.41, 5.74) is 4.55. The molecule has 23 heavy (non-hydrogen) atoms. The molecule has 0 aliphatic heterocycles. The number of benzene rings is 2. The second kappa shape index (κ2) is 8.91. The maximum Gasteiger partial charge on any atom is 0.264 e. The summed E-state index contributed by atoms with van der Waals surface area (Å²) in [5.74, 6) is -2.08. The topological polar surface area (TPSA) is 118 Å². The fraction of sp³-hybridized carbons (Fsp3) is 0. The number of quaternary nitrogens is 1. The lowest BCUT2D eigenvalue weighted by molar-refractivity contribution is -0.297. The first kappa shape index (κ1) is 17.8. The van der Waals surface area contributed by atoms with Crippen molar-refractivity contribution in [2.45, 2.75) is 0 Å². The Morgan fingerprint density at radius 2 is 1.35 bits per heavy atom. The summed E-state index contributed by atoms with van der Waals surface area (Å²) in [5, 5.41) is 14.4. The Morgan fingerprint density at radius 3 is 1.78 bits per heavy atom. The van der Waals surface area contributed by atoms with Crippen molar-refractivity contribution in [1.82, 2.24) is 11.6 Å². The van der Waals surface area contributed by atoms with Crippen LogP contribution in [0.1, 0.15) is 11.1 Å². The van der Waals surface area contributed by atoms with Crippen LogP contribution in [-0.4, -0.2) is 17.6 Å². The second-order valence-electron chi connectivity index (χ2n) is 4.32. The summed E-state index contributed by atoms with van der Waals surface area (Å²) in [7, 11) is 0. The van der Waals surface area contributed by atoms with Crippen LogP contribution >= 0.6 is 0 Å². The predicted molar refractivity (Wildman–Crippen MR) is 86.8 cm³/mol. The van der Waals surface area contributed by atoms with Gasteiger partial charge in [-0.15, -0.1) is 0 Å². The molecule has 0 saturated heterocycles. The van der Waals surface area contributed by atoms with E-state index < -0.39 is 11.9 Å². The van der Waals surface area contributed by atoms with Gasteiger partial charge in [0.15, 0.2) is 0 Å². The van der Waals surface area contributed by atoms with Crippen molar-refractivity contribution in [2.75, 3.05) is 0 Å². The van der Waals surface area contributed by atoms with E-state index in [1.807, 2.05) is 60.7 Å². The summed E-state index contributed by atoms with van der Waals surface area (Å²) in [6, 6.07) is 18.7. The van der Waals surface area contributed by atoms with Crippen LogP contribution in [0.2, 0.25) is 0 Å². The molecule has 0 aromatic heterocycles. The number of carbonyl (C=O) groups excluding carboxylic acids is 2. The van der Waals surface area contributed by atoms with Crippen LogP contribution in [-0.2, 0) is 9.59 Å². The van der Waals surface area contributed by atoms with Gasteiger partial charge in [-0.2, -0.15) is 5.10 Å². The maximum atomic E-state index is 11.5. The number of nitrogens with one attached hydrogen (secondary N) is 1. The third-order valence-corrected chi connectivity index (χ3v) is 2.74. The van der Waals surface area contributed by atoms with Crippen LogP contribution in [0.15, 0.2) is 77.9 Å². The summed E-state index contributed by atoms with van der Waals surface area (Å²) < 4.78 is 0. The van der Waals surface area contributed by atoms with Gasteiger partial charge in [0.25, 0.3) is 5.91 Å². The van der Waals surface area contributed by atoms with E-state index >= 15 is 0 Å². The highest BCUT2D eigenvalue weighted by Crippen LogP contribution is 2.10. The van der Waals surface area contributed by atoms with Crippen LogP contribution in [0.25, 0.3) is 0 Å². The molecule has 6 heteroatoms. The Labute approximate surface area is 133 Å². The molecule has 0 aliphatic rings. The van der Waals surface area contributed by atoms with Crippen molar-refractivity contribution in [1.29, 1.82) is 0 Å².